The van der Waals surface area contributed by atoms with Crippen LogP contribution in [0.5, 0.6) is 0 Å². The SMILES string of the molecule is CC(C)(C)C(=O)CNC(=O)c1ccc(Cl)o1. The zero-order valence-corrected chi connectivity index (χ0v) is 10.2. The minimum atomic E-state index is -0.464. The first kappa shape index (κ1) is 12.8. The van der Waals surface area contributed by atoms with Gasteiger partial charge in [0.1, 0.15) is 0 Å². The number of hydrogen-bond donors (Lipinski definition) is 1. The van der Waals surface area contributed by atoms with Gasteiger partial charge in [-0.1, -0.05) is 20.8 Å². The van der Waals surface area contributed by atoms with E-state index in [1.165, 1.54) is 12.1 Å². The Bertz CT molecular complexity index is 404. The molecule has 0 saturated heterocycles. The Morgan fingerprint density at radius 3 is 2.44 bits per heavy atom. The lowest BCUT2D eigenvalue weighted by molar-refractivity contribution is -0.125. The molecule has 0 fully saturated rings. The van der Waals surface area contributed by atoms with Gasteiger partial charge in [-0.2, -0.15) is 0 Å². The summed E-state index contributed by atoms with van der Waals surface area (Å²) in [5.41, 5.74) is -0.464. The molecule has 1 N–H and O–H groups in total. The molecule has 1 aromatic heterocycles. The number of Topliss-reactive ketones (excluding diaryl/α,β-unsaturated/α-hetero) is 1. The molecule has 0 aromatic carbocycles. The van der Waals surface area contributed by atoms with Crippen molar-refractivity contribution in [1.29, 1.82) is 0 Å². The van der Waals surface area contributed by atoms with Crippen LogP contribution in [0.3, 0.4) is 0 Å². The van der Waals surface area contributed by atoms with Crippen LogP contribution in [-0.4, -0.2) is 18.2 Å². The van der Waals surface area contributed by atoms with E-state index in [1.807, 2.05) is 0 Å². The minimum absolute atomic E-state index is 0.0132. The van der Waals surface area contributed by atoms with Gasteiger partial charge in [-0.25, -0.2) is 0 Å². The Labute approximate surface area is 99.0 Å². The summed E-state index contributed by atoms with van der Waals surface area (Å²) in [5.74, 6) is -0.380. The smallest absolute Gasteiger partial charge is 0.287 e. The Kier molecular flexibility index (Phi) is 3.75. The van der Waals surface area contributed by atoms with E-state index < -0.39 is 11.3 Å². The van der Waals surface area contributed by atoms with Gasteiger partial charge in [0.05, 0.1) is 6.54 Å². The summed E-state index contributed by atoms with van der Waals surface area (Å²) >= 11 is 5.53. The van der Waals surface area contributed by atoms with Crippen molar-refractivity contribution in [2.45, 2.75) is 20.8 Å². The van der Waals surface area contributed by atoms with Crippen molar-refractivity contribution in [3.63, 3.8) is 0 Å². The van der Waals surface area contributed by atoms with Gasteiger partial charge in [-0.05, 0) is 23.7 Å². The summed E-state index contributed by atoms with van der Waals surface area (Å²) in [6.45, 7) is 5.38. The molecule has 0 aliphatic carbocycles. The second-order valence-electron chi connectivity index (χ2n) is 4.46. The molecule has 0 aliphatic rings. The molecule has 0 bridgehead atoms. The Morgan fingerprint density at radius 2 is 2.00 bits per heavy atom. The van der Waals surface area contributed by atoms with Gasteiger partial charge in [0.25, 0.3) is 5.91 Å². The van der Waals surface area contributed by atoms with Gasteiger partial charge >= 0.3 is 0 Å². The van der Waals surface area contributed by atoms with Gasteiger partial charge in [0, 0.05) is 5.41 Å². The fraction of sp³-hybridized carbons (Fsp3) is 0.455. The summed E-state index contributed by atoms with van der Waals surface area (Å²) in [4.78, 5) is 23.0. The summed E-state index contributed by atoms with van der Waals surface area (Å²) in [5, 5.41) is 2.62. The van der Waals surface area contributed by atoms with E-state index in [-0.39, 0.29) is 23.3 Å². The summed E-state index contributed by atoms with van der Waals surface area (Å²) in [6.07, 6.45) is 0. The number of hydrogen-bond acceptors (Lipinski definition) is 3. The largest absolute Gasteiger partial charge is 0.440 e. The summed E-state index contributed by atoms with van der Waals surface area (Å²) in [6, 6.07) is 2.93. The fourth-order valence-electron chi connectivity index (χ4n) is 0.949. The number of nitrogens with one attached hydrogen (secondary N) is 1. The molecule has 0 atom stereocenters. The highest BCUT2D eigenvalue weighted by molar-refractivity contribution is 6.29. The molecule has 1 aromatic rings. The molecule has 1 rings (SSSR count). The lowest BCUT2D eigenvalue weighted by Gasteiger charge is -2.16. The van der Waals surface area contributed by atoms with E-state index >= 15 is 0 Å². The second-order valence-corrected chi connectivity index (χ2v) is 4.83. The fourth-order valence-corrected chi connectivity index (χ4v) is 1.10. The monoisotopic (exact) mass is 243 g/mol. The van der Waals surface area contributed by atoms with Crippen LogP contribution in [-0.2, 0) is 4.79 Å². The molecule has 0 unspecified atom stereocenters. The summed E-state index contributed by atoms with van der Waals surface area (Å²) in [7, 11) is 0. The normalized spacial score (nSPS) is 11.2. The second kappa shape index (κ2) is 4.70. The van der Waals surface area contributed by atoms with E-state index in [1.54, 1.807) is 20.8 Å². The van der Waals surface area contributed by atoms with E-state index in [2.05, 4.69) is 5.32 Å². The number of halogens is 1. The first-order chi connectivity index (χ1) is 7.30. The number of furan rings is 1. The molecule has 1 heterocycles. The number of rotatable bonds is 3. The molecule has 5 heteroatoms. The highest BCUT2D eigenvalue weighted by Crippen LogP contribution is 2.15. The molecule has 0 aliphatic heterocycles. The molecule has 0 spiro atoms. The molecule has 4 nitrogen and oxygen atoms in total. The lowest BCUT2D eigenvalue weighted by atomic mass is 9.91. The van der Waals surface area contributed by atoms with Crippen molar-refractivity contribution in [2.75, 3.05) is 6.54 Å². The third kappa shape index (κ3) is 3.38. The van der Waals surface area contributed by atoms with Crippen LogP contribution in [0, 0.1) is 5.41 Å². The van der Waals surface area contributed by atoms with Crippen molar-refractivity contribution >= 4 is 23.3 Å². The first-order valence-electron chi connectivity index (χ1n) is 4.87. The van der Waals surface area contributed by atoms with Crippen LogP contribution in [0.25, 0.3) is 0 Å². The zero-order valence-electron chi connectivity index (χ0n) is 9.46. The Hall–Kier alpha value is -1.29. The molecular weight excluding hydrogens is 230 g/mol. The quantitative estimate of drug-likeness (QED) is 0.886. The standard InChI is InChI=1S/C11H14ClNO3/c1-11(2,3)8(14)6-13-10(15)7-4-5-9(12)16-7/h4-5H,6H2,1-3H3,(H,13,15). The van der Waals surface area contributed by atoms with Crippen LogP contribution in [0.4, 0.5) is 0 Å². The van der Waals surface area contributed by atoms with E-state index in [9.17, 15) is 9.59 Å². The first-order valence-corrected chi connectivity index (χ1v) is 5.25. The van der Waals surface area contributed by atoms with Crippen molar-refractivity contribution < 1.29 is 14.0 Å². The van der Waals surface area contributed by atoms with Gasteiger partial charge in [0.15, 0.2) is 16.8 Å². The van der Waals surface area contributed by atoms with Gasteiger partial charge in [-0.3, -0.25) is 9.59 Å². The molecule has 0 saturated carbocycles. The molecule has 16 heavy (non-hydrogen) atoms. The molecular formula is C11H14ClNO3. The molecule has 88 valence electrons. The van der Waals surface area contributed by atoms with E-state index in [0.29, 0.717) is 0 Å². The third-order valence-electron chi connectivity index (χ3n) is 2.04. The summed E-state index contributed by atoms with van der Waals surface area (Å²) < 4.78 is 4.91. The van der Waals surface area contributed by atoms with Crippen molar-refractivity contribution in [3.05, 3.63) is 23.1 Å². The predicted molar refractivity (Wildman–Crippen MR) is 60.5 cm³/mol. The maximum absolute atomic E-state index is 11.5. The topological polar surface area (TPSA) is 59.3 Å². The van der Waals surface area contributed by atoms with Crippen LogP contribution in [0.2, 0.25) is 5.22 Å². The van der Waals surface area contributed by atoms with Crippen LogP contribution < -0.4 is 5.32 Å². The lowest BCUT2D eigenvalue weighted by Crippen LogP contribution is -2.35. The highest BCUT2D eigenvalue weighted by atomic mass is 35.5. The maximum atomic E-state index is 11.5. The molecule has 1 amide bonds. The van der Waals surface area contributed by atoms with Crippen LogP contribution in [0.15, 0.2) is 16.5 Å². The molecule has 0 radical (unpaired) electrons. The third-order valence-corrected chi connectivity index (χ3v) is 2.25. The minimum Gasteiger partial charge on any atom is -0.440 e. The highest BCUT2D eigenvalue weighted by Gasteiger charge is 2.22. The van der Waals surface area contributed by atoms with Crippen LogP contribution >= 0.6 is 11.6 Å². The van der Waals surface area contributed by atoms with E-state index in [4.69, 9.17) is 16.0 Å². The predicted octanol–water partition coefficient (Wildman–Crippen LogP) is 2.28. The van der Waals surface area contributed by atoms with Crippen molar-refractivity contribution in [1.82, 2.24) is 5.32 Å². The Morgan fingerprint density at radius 1 is 1.38 bits per heavy atom. The average molecular weight is 244 g/mol. The van der Waals surface area contributed by atoms with Crippen LogP contribution in [0.1, 0.15) is 31.3 Å². The number of carbonyl (C=O) groups is 2. The van der Waals surface area contributed by atoms with Crippen molar-refractivity contribution in [3.8, 4) is 0 Å². The zero-order chi connectivity index (χ0) is 12.3. The number of amides is 1. The Balaban J connectivity index is 2.51. The van der Waals surface area contributed by atoms with E-state index in [0.717, 1.165) is 0 Å². The maximum Gasteiger partial charge on any atom is 0.287 e. The van der Waals surface area contributed by atoms with Gasteiger partial charge in [0.2, 0.25) is 0 Å². The number of ketones is 1. The van der Waals surface area contributed by atoms with Gasteiger partial charge < -0.3 is 9.73 Å². The van der Waals surface area contributed by atoms with Crippen molar-refractivity contribution in [2.24, 2.45) is 5.41 Å². The van der Waals surface area contributed by atoms with Gasteiger partial charge in [-0.15, -0.1) is 0 Å². The average Bonchev–Trinajstić information content (AvgIpc) is 2.59. The number of carbonyl (C=O) groups excluding carboxylic acids is 2.